The van der Waals surface area contributed by atoms with E-state index in [0.717, 1.165) is 25.7 Å². The molecule has 1 fully saturated rings. The van der Waals surface area contributed by atoms with Gasteiger partial charge in [0, 0.05) is 11.1 Å². The Morgan fingerprint density at radius 3 is 2.86 bits per heavy atom. The summed E-state index contributed by atoms with van der Waals surface area (Å²) in [4.78, 5) is 12.2. The lowest BCUT2D eigenvalue weighted by Crippen LogP contribution is -2.45. The molecule has 0 bridgehead atoms. The van der Waals surface area contributed by atoms with Gasteiger partial charge in [-0.2, -0.15) is 0 Å². The highest BCUT2D eigenvalue weighted by Crippen LogP contribution is 2.20. The monoisotopic (exact) mass is 306 g/mol. The zero-order valence-electron chi connectivity index (χ0n) is 11.7. The van der Waals surface area contributed by atoms with Gasteiger partial charge in [-0.15, -0.1) is 0 Å². The highest BCUT2D eigenvalue weighted by molar-refractivity contribution is 6.32. The maximum absolute atomic E-state index is 12.2. The minimum Gasteiger partial charge on any atom is -0.391 e. The van der Waals surface area contributed by atoms with Crippen LogP contribution >= 0.6 is 11.6 Å². The molecule has 4 N–H and O–H groups in total. The van der Waals surface area contributed by atoms with Gasteiger partial charge in [-0.1, -0.05) is 36.3 Å². The van der Waals surface area contributed by atoms with E-state index in [9.17, 15) is 9.90 Å². The summed E-state index contributed by atoms with van der Waals surface area (Å²) in [7, 11) is 0. The Morgan fingerprint density at radius 2 is 2.19 bits per heavy atom. The molecule has 1 aliphatic rings. The van der Waals surface area contributed by atoms with Gasteiger partial charge in [-0.05, 0) is 31.0 Å². The second kappa shape index (κ2) is 7.46. The fourth-order valence-electron chi connectivity index (χ4n) is 2.44. The highest BCUT2D eigenvalue weighted by atomic mass is 35.5. The van der Waals surface area contributed by atoms with E-state index in [1.165, 1.54) is 0 Å². The van der Waals surface area contributed by atoms with Crippen molar-refractivity contribution in [2.75, 3.05) is 6.54 Å². The molecule has 112 valence electrons. The van der Waals surface area contributed by atoms with E-state index < -0.39 is 6.10 Å². The number of aliphatic hydroxyl groups is 1. The van der Waals surface area contributed by atoms with Crippen molar-refractivity contribution in [2.24, 2.45) is 5.73 Å². The average Bonchev–Trinajstić information content (AvgIpc) is 2.48. The van der Waals surface area contributed by atoms with Crippen molar-refractivity contribution in [3.8, 4) is 11.8 Å². The van der Waals surface area contributed by atoms with Gasteiger partial charge in [0.15, 0.2) is 0 Å². The van der Waals surface area contributed by atoms with E-state index in [-0.39, 0.29) is 18.5 Å². The van der Waals surface area contributed by atoms with Crippen molar-refractivity contribution in [1.29, 1.82) is 0 Å². The predicted molar refractivity (Wildman–Crippen MR) is 83.1 cm³/mol. The van der Waals surface area contributed by atoms with Crippen molar-refractivity contribution >= 4 is 17.5 Å². The van der Waals surface area contributed by atoms with Gasteiger partial charge in [0.1, 0.15) is 0 Å². The second-order valence-corrected chi connectivity index (χ2v) is 5.54. The minimum absolute atomic E-state index is 0.179. The highest BCUT2D eigenvalue weighted by Gasteiger charge is 2.24. The fraction of sp³-hybridized carbons (Fsp3) is 0.438. The van der Waals surface area contributed by atoms with Crippen LogP contribution in [0.4, 0.5) is 0 Å². The molecule has 1 aliphatic carbocycles. The maximum Gasteiger partial charge on any atom is 0.251 e. The third-order valence-corrected chi connectivity index (χ3v) is 3.92. The molecule has 2 unspecified atom stereocenters. The zero-order valence-corrected chi connectivity index (χ0v) is 12.5. The van der Waals surface area contributed by atoms with Crippen LogP contribution in [-0.2, 0) is 0 Å². The van der Waals surface area contributed by atoms with E-state index in [1.54, 1.807) is 18.2 Å². The summed E-state index contributed by atoms with van der Waals surface area (Å²) in [5.74, 6) is 5.35. The number of rotatable bonds is 2. The van der Waals surface area contributed by atoms with E-state index in [0.29, 0.717) is 16.1 Å². The molecule has 0 spiro atoms. The Labute approximate surface area is 129 Å². The van der Waals surface area contributed by atoms with Crippen LogP contribution in [-0.4, -0.2) is 29.7 Å². The van der Waals surface area contributed by atoms with Crippen molar-refractivity contribution < 1.29 is 9.90 Å². The summed E-state index contributed by atoms with van der Waals surface area (Å²) in [5.41, 5.74) is 6.44. The molecule has 1 aromatic rings. The van der Waals surface area contributed by atoms with Crippen LogP contribution in [0.5, 0.6) is 0 Å². The van der Waals surface area contributed by atoms with Gasteiger partial charge >= 0.3 is 0 Å². The number of carbonyl (C=O) groups is 1. The Morgan fingerprint density at radius 1 is 1.43 bits per heavy atom. The number of nitrogens with two attached hydrogens (primary N) is 1. The summed E-state index contributed by atoms with van der Waals surface area (Å²) in [6.07, 6.45) is 3.11. The molecular weight excluding hydrogens is 288 g/mol. The lowest BCUT2D eigenvalue weighted by atomic mass is 9.92. The first-order valence-electron chi connectivity index (χ1n) is 7.09. The molecule has 1 aromatic carbocycles. The first-order chi connectivity index (χ1) is 10.1. The first kappa shape index (κ1) is 15.8. The minimum atomic E-state index is -0.465. The molecule has 2 atom stereocenters. The molecule has 0 radical (unpaired) electrons. The molecule has 0 saturated heterocycles. The number of halogens is 1. The fourth-order valence-corrected chi connectivity index (χ4v) is 2.66. The van der Waals surface area contributed by atoms with Crippen LogP contribution in [0, 0.1) is 11.8 Å². The van der Waals surface area contributed by atoms with Gasteiger partial charge in [0.2, 0.25) is 0 Å². The maximum atomic E-state index is 12.2. The van der Waals surface area contributed by atoms with Gasteiger partial charge < -0.3 is 16.2 Å². The molecule has 1 saturated carbocycles. The zero-order chi connectivity index (χ0) is 15.2. The number of hydrogen-bond acceptors (Lipinski definition) is 3. The van der Waals surface area contributed by atoms with Crippen molar-refractivity contribution in [2.45, 2.75) is 37.8 Å². The van der Waals surface area contributed by atoms with Crippen molar-refractivity contribution in [3.05, 3.63) is 34.3 Å². The summed E-state index contributed by atoms with van der Waals surface area (Å²) in [6.45, 7) is 0.262. The normalized spacial score (nSPS) is 21.3. The standard InChI is InChI=1S/C16H19ClN2O2/c17-13-10-12(8-7-11(13)4-3-9-18)16(21)19-14-5-1-2-6-15(14)20/h7-8,10,14-15,20H,1-2,5-6,9,18H2,(H,19,21). The van der Waals surface area contributed by atoms with E-state index in [1.807, 2.05) is 0 Å². The summed E-state index contributed by atoms with van der Waals surface area (Å²) in [5, 5.41) is 13.2. The van der Waals surface area contributed by atoms with Gasteiger partial charge in [0.05, 0.1) is 23.7 Å². The van der Waals surface area contributed by atoms with Crippen LogP contribution in [0.15, 0.2) is 18.2 Å². The Balaban J connectivity index is 2.07. The van der Waals surface area contributed by atoms with Gasteiger partial charge in [-0.25, -0.2) is 0 Å². The Kier molecular flexibility index (Phi) is 5.63. The third-order valence-electron chi connectivity index (χ3n) is 3.60. The third kappa shape index (κ3) is 4.21. The summed E-state index contributed by atoms with van der Waals surface area (Å²) >= 11 is 6.11. The molecule has 4 nitrogen and oxygen atoms in total. The summed E-state index contributed by atoms with van der Waals surface area (Å²) in [6, 6.07) is 4.79. The predicted octanol–water partition coefficient (Wildman–Crippen LogP) is 1.68. The Bertz CT molecular complexity index is 577. The van der Waals surface area contributed by atoms with Crippen LogP contribution in [0.2, 0.25) is 5.02 Å². The molecule has 21 heavy (non-hydrogen) atoms. The number of hydrogen-bond donors (Lipinski definition) is 3. The van der Waals surface area contributed by atoms with E-state index in [2.05, 4.69) is 17.2 Å². The van der Waals surface area contributed by atoms with Gasteiger partial charge in [-0.3, -0.25) is 4.79 Å². The molecule has 2 rings (SSSR count). The molecule has 0 aliphatic heterocycles. The number of aliphatic hydroxyl groups excluding tert-OH is 1. The van der Waals surface area contributed by atoms with Crippen LogP contribution in [0.25, 0.3) is 0 Å². The quantitative estimate of drug-likeness (QED) is 0.728. The smallest absolute Gasteiger partial charge is 0.251 e. The van der Waals surface area contributed by atoms with Gasteiger partial charge in [0.25, 0.3) is 5.91 Å². The first-order valence-corrected chi connectivity index (χ1v) is 7.47. The Hall–Kier alpha value is -1.54. The SMILES string of the molecule is NCC#Cc1ccc(C(=O)NC2CCCCC2O)cc1Cl. The second-order valence-electron chi connectivity index (χ2n) is 5.13. The summed E-state index contributed by atoms with van der Waals surface area (Å²) < 4.78 is 0. The molecular formula is C16H19ClN2O2. The topological polar surface area (TPSA) is 75.4 Å². The number of benzene rings is 1. The molecule has 5 heteroatoms. The average molecular weight is 307 g/mol. The van der Waals surface area contributed by atoms with Crippen LogP contribution < -0.4 is 11.1 Å². The largest absolute Gasteiger partial charge is 0.391 e. The number of nitrogens with one attached hydrogen (secondary N) is 1. The lowest BCUT2D eigenvalue weighted by molar-refractivity contribution is 0.0717. The molecule has 0 aromatic heterocycles. The van der Waals surface area contributed by atoms with Crippen LogP contribution in [0.3, 0.4) is 0 Å². The van der Waals surface area contributed by atoms with Crippen LogP contribution in [0.1, 0.15) is 41.6 Å². The molecule has 1 amide bonds. The molecule has 0 heterocycles. The van der Waals surface area contributed by atoms with E-state index in [4.69, 9.17) is 17.3 Å². The van der Waals surface area contributed by atoms with Crippen molar-refractivity contribution in [1.82, 2.24) is 5.32 Å². The van der Waals surface area contributed by atoms with Crippen molar-refractivity contribution in [3.63, 3.8) is 0 Å². The lowest BCUT2D eigenvalue weighted by Gasteiger charge is -2.28. The number of carbonyl (C=O) groups excluding carboxylic acids is 1. The number of amides is 1. The van der Waals surface area contributed by atoms with E-state index >= 15 is 0 Å².